The smallest absolute Gasteiger partial charge is 0.408 e. The minimum atomic E-state index is -1.25. The number of benzene rings is 1. The first-order chi connectivity index (χ1) is 13.3. The summed E-state index contributed by atoms with van der Waals surface area (Å²) >= 11 is 0. The lowest BCUT2D eigenvalue weighted by Crippen LogP contribution is -2.42. The highest BCUT2D eigenvalue weighted by molar-refractivity contribution is 5.97. The van der Waals surface area contributed by atoms with Crippen LogP contribution in [0.4, 0.5) is 20.6 Å². The fraction of sp³-hybridized carbons (Fsp3) is 0.278. The molecule has 0 aliphatic carbocycles. The Labute approximate surface area is 159 Å². The van der Waals surface area contributed by atoms with Crippen molar-refractivity contribution >= 4 is 23.4 Å². The highest BCUT2D eigenvalue weighted by atomic mass is 19.1. The van der Waals surface area contributed by atoms with Crippen LogP contribution in [0.25, 0.3) is 5.69 Å². The van der Waals surface area contributed by atoms with E-state index in [1.807, 2.05) is 0 Å². The molecule has 1 aliphatic rings. The fourth-order valence-corrected chi connectivity index (χ4v) is 3.11. The summed E-state index contributed by atoms with van der Waals surface area (Å²) in [7, 11) is 1.43. The van der Waals surface area contributed by atoms with Crippen molar-refractivity contribution < 1.29 is 23.8 Å². The van der Waals surface area contributed by atoms with E-state index >= 15 is 0 Å². The molecular formula is C18H19FN4O5. The third-order valence-corrected chi connectivity index (χ3v) is 4.61. The van der Waals surface area contributed by atoms with Crippen LogP contribution in [-0.4, -0.2) is 52.4 Å². The molecule has 10 heteroatoms. The first kappa shape index (κ1) is 19.4. The Bertz CT molecular complexity index is 977. The molecule has 2 atom stereocenters. The summed E-state index contributed by atoms with van der Waals surface area (Å²) in [5.41, 5.74) is 5.21. The molecule has 0 radical (unpaired) electrons. The molecule has 2 amide bonds. The van der Waals surface area contributed by atoms with Gasteiger partial charge in [0.1, 0.15) is 11.9 Å². The Hall–Kier alpha value is -3.40. The molecule has 0 bridgehead atoms. The maximum Gasteiger partial charge on any atom is 0.408 e. The summed E-state index contributed by atoms with van der Waals surface area (Å²) in [6.45, 7) is 0.0592. The number of amides is 2. The first-order valence-electron chi connectivity index (χ1n) is 8.42. The topological polar surface area (TPSA) is 127 Å². The van der Waals surface area contributed by atoms with Gasteiger partial charge in [-0.2, -0.15) is 0 Å². The van der Waals surface area contributed by atoms with Crippen molar-refractivity contribution in [3.8, 4) is 5.69 Å². The standard InChI is InChI=1S/C18H19FN4O5/c1-28-11-8-15(23(9-11)18(26)27)16(24)21-14-5-4-10(7-12(14)19)22-6-2-3-13(20)17(22)25/h2-7,11,15H,8-9,20H2,1H3,(H,21,24)(H,26,27)/t11-,15-/m1/s1. The molecule has 28 heavy (non-hydrogen) atoms. The van der Waals surface area contributed by atoms with E-state index in [0.29, 0.717) is 0 Å². The average molecular weight is 390 g/mol. The van der Waals surface area contributed by atoms with Crippen LogP contribution in [0.15, 0.2) is 41.3 Å². The molecule has 1 fully saturated rings. The molecule has 3 rings (SSSR count). The molecule has 2 heterocycles. The second-order valence-corrected chi connectivity index (χ2v) is 6.34. The van der Waals surface area contributed by atoms with Gasteiger partial charge in [-0.25, -0.2) is 9.18 Å². The van der Waals surface area contributed by atoms with Crippen molar-refractivity contribution in [2.75, 3.05) is 24.7 Å². The quantitative estimate of drug-likeness (QED) is 0.721. The second kappa shape index (κ2) is 7.69. The van der Waals surface area contributed by atoms with Gasteiger partial charge in [-0.3, -0.25) is 19.1 Å². The highest BCUT2D eigenvalue weighted by Crippen LogP contribution is 2.23. The predicted molar refractivity (Wildman–Crippen MR) is 99.0 cm³/mol. The largest absolute Gasteiger partial charge is 0.465 e. The summed E-state index contributed by atoms with van der Waals surface area (Å²) in [6, 6.07) is 5.83. The van der Waals surface area contributed by atoms with E-state index in [2.05, 4.69) is 5.32 Å². The SMILES string of the molecule is CO[C@@H]1C[C@H](C(=O)Nc2ccc(-n3cccc(N)c3=O)cc2F)N(C(=O)O)C1. The number of nitrogens with one attached hydrogen (secondary N) is 1. The number of carbonyl (C=O) groups excluding carboxylic acids is 1. The molecule has 1 aromatic carbocycles. The number of aromatic nitrogens is 1. The summed E-state index contributed by atoms with van der Waals surface area (Å²) < 4.78 is 20.8. The van der Waals surface area contributed by atoms with Gasteiger partial charge in [-0.15, -0.1) is 0 Å². The zero-order chi connectivity index (χ0) is 20.4. The number of pyridine rings is 1. The Balaban J connectivity index is 1.81. The van der Waals surface area contributed by atoms with Gasteiger partial charge >= 0.3 is 6.09 Å². The Morgan fingerprint density at radius 2 is 2.11 bits per heavy atom. The number of ether oxygens (including phenoxy) is 1. The maximum absolute atomic E-state index is 14.5. The highest BCUT2D eigenvalue weighted by Gasteiger charge is 2.40. The molecule has 148 valence electrons. The van der Waals surface area contributed by atoms with E-state index < -0.39 is 35.5 Å². The fourth-order valence-electron chi connectivity index (χ4n) is 3.11. The number of hydrogen-bond donors (Lipinski definition) is 3. The number of hydrogen-bond acceptors (Lipinski definition) is 5. The van der Waals surface area contributed by atoms with Crippen LogP contribution in [0.3, 0.4) is 0 Å². The van der Waals surface area contributed by atoms with Gasteiger partial charge in [0.25, 0.3) is 5.56 Å². The van der Waals surface area contributed by atoms with Gasteiger partial charge in [0, 0.05) is 25.8 Å². The molecule has 2 aromatic rings. The van der Waals surface area contributed by atoms with Gasteiger partial charge < -0.3 is 20.9 Å². The number of halogens is 1. The molecule has 4 N–H and O–H groups in total. The van der Waals surface area contributed by atoms with Crippen molar-refractivity contribution in [3.63, 3.8) is 0 Å². The third-order valence-electron chi connectivity index (χ3n) is 4.61. The number of nitrogens with zero attached hydrogens (tertiary/aromatic N) is 2. The van der Waals surface area contributed by atoms with E-state index in [0.717, 1.165) is 11.0 Å². The maximum atomic E-state index is 14.5. The summed E-state index contributed by atoms with van der Waals surface area (Å²) in [6.07, 6.45) is -0.0431. The molecule has 9 nitrogen and oxygen atoms in total. The van der Waals surface area contributed by atoms with Crippen molar-refractivity contribution in [3.05, 3.63) is 52.7 Å². The minimum absolute atomic E-state index is 0.0166. The summed E-state index contributed by atoms with van der Waals surface area (Å²) in [4.78, 5) is 36.8. The molecule has 1 saturated heterocycles. The van der Waals surface area contributed by atoms with Gasteiger partial charge in [0.05, 0.1) is 29.7 Å². The lowest BCUT2D eigenvalue weighted by molar-refractivity contribution is -0.120. The number of rotatable bonds is 4. The lowest BCUT2D eigenvalue weighted by atomic mass is 10.1. The van der Waals surface area contributed by atoms with Crippen LogP contribution in [-0.2, 0) is 9.53 Å². The van der Waals surface area contributed by atoms with Crippen LogP contribution in [0.1, 0.15) is 6.42 Å². The van der Waals surface area contributed by atoms with Crippen LogP contribution < -0.4 is 16.6 Å². The summed E-state index contributed by atoms with van der Waals surface area (Å²) in [5.74, 6) is -1.43. The summed E-state index contributed by atoms with van der Waals surface area (Å²) in [5, 5.41) is 11.7. The van der Waals surface area contributed by atoms with Crippen molar-refractivity contribution in [2.24, 2.45) is 0 Å². The number of likely N-dealkylation sites (tertiary alicyclic amines) is 1. The average Bonchev–Trinajstić information content (AvgIpc) is 3.11. The van der Waals surface area contributed by atoms with E-state index in [4.69, 9.17) is 10.5 Å². The van der Waals surface area contributed by atoms with Crippen LogP contribution in [0.2, 0.25) is 0 Å². The Morgan fingerprint density at radius 1 is 1.36 bits per heavy atom. The number of nitrogen functional groups attached to an aromatic ring is 1. The molecule has 0 unspecified atom stereocenters. The zero-order valence-electron chi connectivity index (χ0n) is 15.0. The molecular weight excluding hydrogens is 371 g/mol. The van der Waals surface area contributed by atoms with E-state index in [9.17, 15) is 23.9 Å². The molecule has 1 aliphatic heterocycles. The number of carboxylic acid groups (broad SMARTS) is 1. The van der Waals surface area contributed by atoms with E-state index in [1.165, 1.54) is 36.1 Å². The van der Waals surface area contributed by atoms with Gasteiger partial charge in [0.2, 0.25) is 5.91 Å². The third kappa shape index (κ3) is 3.67. The predicted octanol–water partition coefficient (Wildman–Crippen LogP) is 1.26. The lowest BCUT2D eigenvalue weighted by Gasteiger charge is -2.20. The van der Waals surface area contributed by atoms with E-state index in [1.54, 1.807) is 6.07 Å². The van der Waals surface area contributed by atoms with Crippen LogP contribution >= 0.6 is 0 Å². The normalized spacial score (nSPS) is 18.9. The first-order valence-corrected chi connectivity index (χ1v) is 8.42. The molecule has 0 saturated carbocycles. The molecule has 1 aromatic heterocycles. The van der Waals surface area contributed by atoms with Crippen molar-refractivity contribution in [2.45, 2.75) is 18.6 Å². The van der Waals surface area contributed by atoms with Crippen molar-refractivity contribution in [1.29, 1.82) is 0 Å². The molecule has 0 spiro atoms. The van der Waals surface area contributed by atoms with Gasteiger partial charge in [0.15, 0.2) is 0 Å². The Morgan fingerprint density at radius 3 is 2.75 bits per heavy atom. The van der Waals surface area contributed by atoms with Crippen molar-refractivity contribution in [1.82, 2.24) is 9.47 Å². The van der Waals surface area contributed by atoms with Gasteiger partial charge in [-0.05, 0) is 24.3 Å². The van der Waals surface area contributed by atoms with E-state index in [-0.39, 0.29) is 30.0 Å². The van der Waals surface area contributed by atoms with Gasteiger partial charge in [-0.1, -0.05) is 0 Å². The number of nitrogens with two attached hydrogens (primary N) is 1. The zero-order valence-corrected chi connectivity index (χ0v) is 15.0. The van der Waals surface area contributed by atoms with Crippen LogP contribution in [0.5, 0.6) is 0 Å². The second-order valence-electron chi connectivity index (χ2n) is 6.34. The minimum Gasteiger partial charge on any atom is -0.465 e. The Kier molecular flexibility index (Phi) is 5.32. The van der Waals surface area contributed by atoms with Crippen LogP contribution in [0, 0.1) is 5.82 Å². The number of carbonyl (C=O) groups is 2. The number of methoxy groups -OCH3 is 1. The number of anilines is 2. The monoisotopic (exact) mass is 390 g/mol.